The summed E-state index contributed by atoms with van der Waals surface area (Å²) in [5.41, 5.74) is 6.94. The Morgan fingerprint density at radius 3 is 2.05 bits per heavy atom. The zero-order chi connectivity index (χ0) is 27.7. The van der Waals surface area contributed by atoms with E-state index in [-0.39, 0.29) is 17.7 Å². The van der Waals surface area contributed by atoms with Gasteiger partial charge in [0.2, 0.25) is 0 Å². The van der Waals surface area contributed by atoms with Crippen molar-refractivity contribution in [2.24, 2.45) is 0 Å². The quantitative estimate of drug-likeness (QED) is 0.0981. The molecule has 0 amide bonds. The van der Waals surface area contributed by atoms with Crippen molar-refractivity contribution in [3.05, 3.63) is 130 Å². The Morgan fingerprint density at radius 2 is 1.44 bits per heavy atom. The monoisotopic (exact) mass is 538 g/mol. The Balaban J connectivity index is 1.90. The third kappa shape index (κ3) is 7.44. The van der Waals surface area contributed by atoms with Crippen LogP contribution in [0.2, 0.25) is 0 Å². The lowest BCUT2D eigenvalue weighted by Gasteiger charge is -2.34. The second-order valence-electron chi connectivity index (χ2n) is 10.3. The van der Waals surface area contributed by atoms with E-state index in [2.05, 4.69) is 92.7 Å². The maximum absolute atomic E-state index is 12.5. The highest BCUT2D eigenvalue weighted by Gasteiger charge is 2.32. The van der Waals surface area contributed by atoms with Gasteiger partial charge in [-0.3, -0.25) is 4.79 Å². The highest BCUT2D eigenvalue weighted by Crippen LogP contribution is 2.50. The van der Waals surface area contributed by atoms with Crippen LogP contribution in [0.5, 0.6) is 5.75 Å². The minimum Gasteiger partial charge on any atom is -0.467 e. The topological polar surface area (TPSA) is 35.5 Å². The van der Waals surface area contributed by atoms with Crippen molar-refractivity contribution >= 4 is 19.7 Å². The van der Waals surface area contributed by atoms with Gasteiger partial charge in [0.25, 0.3) is 0 Å². The number of rotatable bonds is 13. The second-order valence-corrected chi connectivity index (χ2v) is 12.2. The van der Waals surface area contributed by atoms with Gasteiger partial charge in [0.15, 0.2) is 12.6 Å². The van der Waals surface area contributed by atoms with E-state index in [9.17, 15) is 4.79 Å². The van der Waals surface area contributed by atoms with Crippen molar-refractivity contribution in [3.63, 3.8) is 0 Å². The van der Waals surface area contributed by atoms with E-state index >= 15 is 0 Å². The summed E-state index contributed by atoms with van der Waals surface area (Å²) in [4.78, 5) is 12.5. The van der Waals surface area contributed by atoms with Crippen LogP contribution in [-0.2, 0) is 22.7 Å². The van der Waals surface area contributed by atoms with Gasteiger partial charge in [0, 0.05) is 29.8 Å². The van der Waals surface area contributed by atoms with Crippen LogP contribution in [0.1, 0.15) is 71.8 Å². The molecule has 0 aliphatic carbocycles. The van der Waals surface area contributed by atoms with E-state index < -0.39 is 0 Å². The molecule has 0 spiro atoms. The molecular formula is C35H39O3P. The summed E-state index contributed by atoms with van der Waals surface area (Å²) in [6, 6.07) is 33.9. The van der Waals surface area contributed by atoms with Gasteiger partial charge >= 0.3 is 0 Å². The number of carbonyl (C=O) groups excluding carboxylic acids is 1. The highest BCUT2D eigenvalue weighted by atomic mass is 31.1. The first-order valence-electron chi connectivity index (χ1n) is 13.7. The predicted octanol–water partition coefficient (Wildman–Crippen LogP) is 8.07. The fraction of sp³-hybridized carbons (Fsp3) is 0.286. The third-order valence-corrected chi connectivity index (χ3v) is 8.87. The molecule has 0 N–H and O–H groups in total. The molecule has 0 saturated heterocycles. The van der Waals surface area contributed by atoms with Gasteiger partial charge in [-0.05, 0) is 47.3 Å². The maximum Gasteiger partial charge on any atom is 0.188 e. The van der Waals surface area contributed by atoms with E-state index in [0.29, 0.717) is 8.58 Å². The summed E-state index contributed by atoms with van der Waals surface area (Å²) >= 11 is 0. The van der Waals surface area contributed by atoms with Crippen molar-refractivity contribution < 1.29 is 14.3 Å². The average Bonchev–Trinajstić information content (AvgIpc) is 2.94. The molecule has 4 aromatic rings. The lowest BCUT2D eigenvalue weighted by atomic mass is 9.88. The van der Waals surface area contributed by atoms with Crippen molar-refractivity contribution in [3.8, 4) is 5.75 Å². The fourth-order valence-corrected chi connectivity index (χ4v) is 7.16. The number of ketones is 1. The number of Topliss-reactive ketones (excluding diaryl/α,β-unsaturated/α-hetero) is 1. The summed E-state index contributed by atoms with van der Waals surface area (Å²) in [6.07, 6.45) is 3.60. The highest BCUT2D eigenvalue weighted by molar-refractivity contribution is 7.48. The van der Waals surface area contributed by atoms with Gasteiger partial charge in [-0.25, -0.2) is 0 Å². The lowest BCUT2D eigenvalue weighted by molar-refractivity contribution is 0.0493. The summed E-state index contributed by atoms with van der Waals surface area (Å²) in [5.74, 6) is 1.01. The molecule has 0 radical (unpaired) electrons. The number of hydrogen-bond donors (Lipinski definition) is 0. The van der Waals surface area contributed by atoms with Crippen LogP contribution in [0.15, 0.2) is 97.1 Å². The standard InChI is InChI=1S/C35H39O3P/c1-5-20-35(3,39-33-19-13-12-18-31(33)26(2)36)32-24-29(21-27-14-8-6-9-15-27)23-30(34(32)38-25-37-4)22-28-16-10-7-11-17-28/h6-19,23-24,39H,5,20-22,25H2,1-4H3. The minimum absolute atomic E-state index is 0.107. The Hall–Kier alpha value is -3.26. The molecule has 0 aliphatic heterocycles. The van der Waals surface area contributed by atoms with Gasteiger partial charge in [-0.15, -0.1) is 0 Å². The van der Waals surface area contributed by atoms with E-state index in [4.69, 9.17) is 9.47 Å². The normalized spacial score (nSPS) is 12.9. The Morgan fingerprint density at radius 1 is 0.821 bits per heavy atom. The van der Waals surface area contributed by atoms with Gasteiger partial charge in [0.05, 0.1) is 0 Å². The Kier molecular flexibility index (Phi) is 10.1. The first-order chi connectivity index (χ1) is 18.9. The number of carbonyl (C=O) groups is 1. The molecule has 4 rings (SSSR count). The van der Waals surface area contributed by atoms with Crippen LogP contribution < -0.4 is 10.0 Å². The van der Waals surface area contributed by atoms with Crippen molar-refractivity contribution in [2.75, 3.05) is 13.9 Å². The number of ether oxygens (including phenoxy) is 2. The average molecular weight is 539 g/mol. The predicted molar refractivity (Wildman–Crippen MR) is 164 cm³/mol. The Labute approximate surface area is 235 Å². The van der Waals surface area contributed by atoms with E-state index in [0.717, 1.165) is 47.9 Å². The molecule has 0 aromatic heterocycles. The molecule has 202 valence electrons. The summed E-state index contributed by atoms with van der Waals surface area (Å²) < 4.78 is 11.8. The van der Waals surface area contributed by atoms with E-state index in [1.807, 2.05) is 18.2 Å². The molecule has 0 saturated carbocycles. The van der Waals surface area contributed by atoms with Crippen LogP contribution in [0.4, 0.5) is 0 Å². The smallest absolute Gasteiger partial charge is 0.188 e. The zero-order valence-electron chi connectivity index (χ0n) is 23.5. The zero-order valence-corrected chi connectivity index (χ0v) is 24.5. The number of hydrogen-bond acceptors (Lipinski definition) is 3. The van der Waals surface area contributed by atoms with E-state index in [1.165, 1.54) is 22.3 Å². The molecule has 4 heteroatoms. The SMILES string of the molecule is CCCC(C)(Pc1ccccc1C(C)=O)c1cc(Cc2ccccc2)cc(Cc2ccccc2)c1OCOC. The summed E-state index contributed by atoms with van der Waals surface area (Å²) in [5, 5.41) is 0.887. The van der Waals surface area contributed by atoms with Crippen LogP contribution in [0.25, 0.3) is 0 Å². The summed E-state index contributed by atoms with van der Waals surface area (Å²) in [7, 11) is 2.08. The third-order valence-electron chi connectivity index (χ3n) is 7.10. The van der Waals surface area contributed by atoms with Gasteiger partial charge in [-0.1, -0.05) is 126 Å². The summed E-state index contributed by atoms with van der Waals surface area (Å²) in [6.45, 7) is 6.40. The van der Waals surface area contributed by atoms with Gasteiger partial charge in [0.1, 0.15) is 5.75 Å². The van der Waals surface area contributed by atoms with Crippen LogP contribution in [-0.4, -0.2) is 19.7 Å². The largest absolute Gasteiger partial charge is 0.467 e. The molecule has 0 fully saturated rings. The first-order valence-corrected chi connectivity index (χ1v) is 14.7. The number of benzene rings is 4. The van der Waals surface area contributed by atoms with E-state index in [1.54, 1.807) is 14.0 Å². The van der Waals surface area contributed by atoms with Gasteiger partial charge in [-0.2, -0.15) is 0 Å². The minimum atomic E-state index is -0.221. The van der Waals surface area contributed by atoms with Crippen LogP contribution in [0, 0.1) is 0 Å². The molecule has 0 bridgehead atoms. The molecule has 0 heterocycles. The maximum atomic E-state index is 12.5. The lowest BCUT2D eigenvalue weighted by Crippen LogP contribution is -2.24. The first kappa shape index (κ1) is 28.7. The van der Waals surface area contributed by atoms with Crippen molar-refractivity contribution in [1.82, 2.24) is 0 Å². The molecule has 0 aliphatic rings. The molecule has 2 unspecified atom stereocenters. The fourth-order valence-electron chi connectivity index (χ4n) is 5.29. The Bertz CT molecular complexity index is 1370. The molecular weight excluding hydrogens is 499 g/mol. The van der Waals surface area contributed by atoms with Gasteiger partial charge < -0.3 is 9.47 Å². The molecule has 2 atom stereocenters. The van der Waals surface area contributed by atoms with Crippen molar-refractivity contribution in [1.29, 1.82) is 0 Å². The van der Waals surface area contributed by atoms with Crippen LogP contribution >= 0.6 is 8.58 Å². The molecule has 3 nitrogen and oxygen atoms in total. The van der Waals surface area contributed by atoms with Crippen molar-refractivity contribution in [2.45, 2.75) is 51.6 Å². The number of methoxy groups -OCH3 is 1. The second kappa shape index (κ2) is 13.7. The molecule has 39 heavy (non-hydrogen) atoms. The van der Waals surface area contributed by atoms with Crippen LogP contribution in [0.3, 0.4) is 0 Å². The molecule has 4 aromatic carbocycles.